The minimum Gasteiger partial charge on any atom is -0.400 e. The van der Waals surface area contributed by atoms with Gasteiger partial charge >= 0.3 is 0 Å². The van der Waals surface area contributed by atoms with E-state index >= 15 is 0 Å². The highest BCUT2D eigenvalue weighted by molar-refractivity contribution is 6.22. The second-order valence-corrected chi connectivity index (χ2v) is 4.88. The maximum atomic E-state index is 12.4. The molecule has 7 heteroatoms. The van der Waals surface area contributed by atoms with Gasteiger partial charge in [-0.2, -0.15) is 0 Å². The number of ketones is 2. The van der Waals surface area contributed by atoms with Crippen LogP contribution in [-0.4, -0.2) is 84.8 Å². The number of aliphatic hydroxyl groups excluding tert-OH is 1. The highest BCUT2D eigenvalue weighted by Gasteiger charge is 2.43. The van der Waals surface area contributed by atoms with Crippen LogP contribution in [0.5, 0.6) is 0 Å². The molecular formula is C14H22N4O3. The van der Waals surface area contributed by atoms with Gasteiger partial charge in [0.2, 0.25) is 11.6 Å². The predicted octanol–water partition coefficient (Wildman–Crippen LogP) is -1.64. The average molecular weight is 294 g/mol. The van der Waals surface area contributed by atoms with E-state index in [1.807, 2.05) is 14.7 Å². The Kier molecular flexibility index (Phi) is 4.64. The van der Waals surface area contributed by atoms with Gasteiger partial charge in [-0.3, -0.25) is 9.59 Å². The lowest BCUT2D eigenvalue weighted by atomic mass is 10.0. The van der Waals surface area contributed by atoms with Gasteiger partial charge in [-0.15, -0.1) is 0 Å². The quantitative estimate of drug-likeness (QED) is 0.477. The molecule has 116 valence electrons. The third kappa shape index (κ3) is 3.08. The molecule has 0 amide bonds. The molecule has 4 rings (SSSR count). The van der Waals surface area contributed by atoms with E-state index in [4.69, 9.17) is 5.11 Å². The monoisotopic (exact) mass is 294 g/mol. The van der Waals surface area contributed by atoms with Crippen molar-refractivity contribution in [1.82, 2.24) is 14.7 Å². The van der Waals surface area contributed by atoms with E-state index in [2.05, 4.69) is 5.73 Å². The molecule has 0 aromatic heterocycles. The fourth-order valence-electron chi connectivity index (χ4n) is 2.28. The number of rotatable bonds is 3. The highest BCUT2D eigenvalue weighted by atomic mass is 16.2. The molecule has 0 unspecified atom stereocenters. The second-order valence-electron chi connectivity index (χ2n) is 4.88. The number of hydrogen-bond donors (Lipinski definition) is 2. The third-order valence-corrected chi connectivity index (χ3v) is 3.49. The van der Waals surface area contributed by atoms with Gasteiger partial charge in [0.1, 0.15) is 11.4 Å². The molecule has 7 nitrogen and oxygen atoms in total. The second kappa shape index (κ2) is 6.28. The van der Waals surface area contributed by atoms with Crippen molar-refractivity contribution in [1.29, 1.82) is 0 Å². The Balaban J connectivity index is 0.000000374. The van der Waals surface area contributed by atoms with Crippen molar-refractivity contribution in [3.8, 4) is 0 Å². The molecular weight excluding hydrogens is 272 g/mol. The van der Waals surface area contributed by atoms with Crippen molar-refractivity contribution in [2.75, 3.05) is 53.4 Å². The zero-order valence-electron chi connectivity index (χ0n) is 12.5. The van der Waals surface area contributed by atoms with Crippen LogP contribution in [0.25, 0.3) is 0 Å². The lowest BCUT2D eigenvalue weighted by Crippen LogP contribution is -2.29. The number of Topliss-reactive ketones (excluding diaryl/α,β-unsaturated/α-hetero) is 1. The summed E-state index contributed by atoms with van der Waals surface area (Å²) in [5.74, 6) is 0.0485. The first-order chi connectivity index (χ1) is 10.3. The minimum absolute atomic E-state index is 0.00546. The van der Waals surface area contributed by atoms with E-state index in [-0.39, 0.29) is 11.6 Å². The first-order valence-electron chi connectivity index (χ1n) is 7.08. The Labute approximate surface area is 124 Å². The molecule has 0 radical (unpaired) electrons. The number of hydrogen-bond acceptors (Lipinski definition) is 7. The summed E-state index contributed by atoms with van der Waals surface area (Å²) >= 11 is 0. The van der Waals surface area contributed by atoms with Gasteiger partial charge in [-0.05, 0) is 7.05 Å². The normalized spacial score (nSPS) is 22.1. The van der Waals surface area contributed by atoms with Crippen LogP contribution in [0, 0.1) is 0 Å². The van der Waals surface area contributed by atoms with Crippen LogP contribution in [0.3, 0.4) is 0 Å². The maximum Gasteiger partial charge on any atom is 0.227 e. The molecule has 21 heavy (non-hydrogen) atoms. The van der Waals surface area contributed by atoms with Gasteiger partial charge in [0, 0.05) is 52.5 Å². The van der Waals surface area contributed by atoms with Crippen LogP contribution < -0.4 is 5.73 Å². The van der Waals surface area contributed by atoms with E-state index in [1.54, 1.807) is 0 Å². The largest absolute Gasteiger partial charge is 0.400 e. The van der Waals surface area contributed by atoms with Crippen LogP contribution >= 0.6 is 0 Å². The summed E-state index contributed by atoms with van der Waals surface area (Å²) < 4.78 is 0. The summed E-state index contributed by atoms with van der Waals surface area (Å²) in [5, 5.41) is 7.00. The van der Waals surface area contributed by atoms with Crippen LogP contribution in [-0.2, 0) is 9.59 Å². The number of nitrogens with two attached hydrogens (primary N) is 1. The van der Waals surface area contributed by atoms with E-state index in [0.717, 1.165) is 46.4 Å². The predicted molar refractivity (Wildman–Crippen MR) is 78.1 cm³/mol. The zero-order chi connectivity index (χ0) is 15.6. The van der Waals surface area contributed by atoms with Crippen molar-refractivity contribution < 1.29 is 14.7 Å². The molecule has 0 aromatic rings. The van der Waals surface area contributed by atoms with E-state index in [0.29, 0.717) is 17.1 Å². The van der Waals surface area contributed by atoms with Crippen LogP contribution in [0.1, 0.15) is 0 Å². The lowest BCUT2D eigenvalue weighted by Gasteiger charge is -2.21. The van der Waals surface area contributed by atoms with Crippen LogP contribution in [0.2, 0.25) is 0 Å². The first kappa shape index (κ1) is 15.5. The van der Waals surface area contributed by atoms with E-state index < -0.39 is 0 Å². The fraction of sp³-hybridized carbons (Fsp3) is 0.571. The van der Waals surface area contributed by atoms with Gasteiger partial charge in [-0.1, -0.05) is 0 Å². The molecule has 3 saturated heterocycles. The van der Waals surface area contributed by atoms with Gasteiger partial charge in [-0.25, -0.2) is 0 Å². The number of carbonyl (C=O) groups is 2. The molecule has 3 aliphatic heterocycles. The first-order valence-corrected chi connectivity index (χ1v) is 7.08. The minimum atomic E-state index is 0.00546. The molecule has 0 saturated carbocycles. The zero-order valence-corrected chi connectivity index (χ0v) is 12.5. The molecule has 0 spiro atoms. The Bertz CT molecular complexity index is 500. The molecule has 0 aromatic carbocycles. The number of allylic oxidation sites excluding steroid dienone is 1. The van der Waals surface area contributed by atoms with Crippen LogP contribution in [0.15, 0.2) is 23.2 Å². The summed E-state index contributed by atoms with van der Waals surface area (Å²) in [6.45, 7) is 5.41. The molecule has 0 bridgehead atoms. The lowest BCUT2D eigenvalue weighted by molar-refractivity contribution is -0.117. The summed E-state index contributed by atoms with van der Waals surface area (Å²) in [6, 6.07) is 0. The van der Waals surface area contributed by atoms with Gasteiger partial charge in [0.25, 0.3) is 0 Å². The van der Waals surface area contributed by atoms with E-state index in [9.17, 15) is 9.59 Å². The van der Waals surface area contributed by atoms with Crippen molar-refractivity contribution in [2.45, 2.75) is 0 Å². The molecule has 3 fully saturated rings. The van der Waals surface area contributed by atoms with Crippen molar-refractivity contribution in [3.63, 3.8) is 0 Å². The average Bonchev–Trinajstić information content (AvgIpc) is 3.36. The smallest absolute Gasteiger partial charge is 0.227 e. The summed E-state index contributed by atoms with van der Waals surface area (Å²) in [7, 11) is 2.50. The molecule has 3 heterocycles. The Morgan fingerprint density at radius 2 is 1.29 bits per heavy atom. The Hall–Kier alpha value is -1.86. The summed E-state index contributed by atoms with van der Waals surface area (Å²) in [6.07, 6.45) is 1.52. The van der Waals surface area contributed by atoms with Crippen LogP contribution in [0.4, 0.5) is 0 Å². The maximum absolute atomic E-state index is 12.4. The van der Waals surface area contributed by atoms with Gasteiger partial charge in [0.15, 0.2) is 0 Å². The number of aliphatic hydroxyl groups is 1. The third-order valence-electron chi connectivity index (χ3n) is 3.49. The Morgan fingerprint density at radius 3 is 1.71 bits per heavy atom. The fourth-order valence-corrected chi connectivity index (χ4v) is 2.28. The summed E-state index contributed by atoms with van der Waals surface area (Å²) in [5.41, 5.74) is 6.39. The molecule has 3 N–H and O–H groups in total. The van der Waals surface area contributed by atoms with Crippen molar-refractivity contribution >= 4 is 11.6 Å². The summed E-state index contributed by atoms with van der Waals surface area (Å²) in [4.78, 5) is 30.5. The molecule has 0 atom stereocenters. The Morgan fingerprint density at radius 1 is 0.857 bits per heavy atom. The van der Waals surface area contributed by atoms with Crippen molar-refractivity contribution in [2.24, 2.45) is 5.73 Å². The van der Waals surface area contributed by atoms with Crippen molar-refractivity contribution in [3.05, 3.63) is 23.2 Å². The van der Waals surface area contributed by atoms with Gasteiger partial charge in [0.05, 0.1) is 5.70 Å². The van der Waals surface area contributed by atoms with E-state index in [1.165, 1.54) is 13.1 Å². The molecule has 1 aliphatic carbocycles. The topological polar surface area (TPSA) is 89.4 Å². The van der Waals surface area contributed by atoms with Gasteiger partial charge < -0.3 is 25.5 Å². The number of nitrogens with zero attached hydrogens (tertiary/aromatic N) is 3. The number of carbonyl (C=O) groups excluding carboxylic acids is 2. The highest BCUT2D eigenvalue weighted by Crippen LogP contribution is 2.33. The molecule has 4 aliphatic rings. The standard InChI is InChI=1S/C12H13N3O2.CH5N.CH4O/c16-9-7-8(13-1-2-13)12(17)11(15-5-6-15)10(9)14-3-4-14;2*1-2/h7H,1-6H2;2H2,1H3;2H,1H3. The SMILES string of the molecule is CN.CO.O=C1C=C(N2CC2)C(=O)C(N2CC2)=C1N1CC1.